The Balaban J connectivity index is 2.10. The van der Waals surface area contributed by atoms with Crippen LogP contribution in [-0.2, 0) is 9.53 Å². The number of carbonyl (C=O) groups excluding carboxylic acids is 1. The summed E-state index contributed by atoms with van der Waals surface area (Å²) in [4.78, 5) is 25.1. The van der Waals surface area contributed by atoms with Gasteiger partial charge in [0.1, 0.15) is 16.7 Å². The van der Waals surface area contributed by atoms with E-state index < -0.39 is 58.0 Å². The number of hydrogen-bond acceptors (Lipinski definition) is 7. The number of benzene rings is 3. The molecule has 7 nitrogen and oxygen atoms in total. The van der Waals surface area contributed by atoms with Gasteiger partial charge in [-0.25, -0.2) is 8.78 Å². The number of carbonyl (C=O) groups is 1. The molecule has 0 spiro atoms. The predicted octanol–water partition coefficient (Wildman–Crippen LogP) is 4.55. The van der Waals surface area contributed by atoms with Crippen LogP contribution < -0.4 is 5.43 Å². The minimum absolute atomic E-state index is 0.0266. The van der Waals surface area contributed by atoms with Crippen LogP contribution >= 0.6 is 0 Å². The molecule has 4 rings (SSSR count). The van der Waals surface area contributed by atoms with Gasteiger partial charge in [0.15, 0.2) is 28.6 Å². The maximum Gasteiger partial charge on any atom is 0.306 e. The van der Waals surface area contributed by atoms with E-state index in [1.165, 1.54) is 6.07 Å². The van der Waals surface area contributed by atoms with Crippen molar-refractivity contribution >= 4 is 16.9 Å². The summed E-state index contributed by atoms with van der Waals surface area (Å²) in [6.07, 6.45) is -0.492. The topological polar surface area (TPSA) is 117 Å². The lowest BCUT2D eigenvalue weighted by Crippen LogP contribution is -2.13. The van der Waals surface area contributed by atoms with Crippen LogP contribution in [0.15, 0.2) is 63.8 Å². The van der Waals surface area contributed by atoms with Gasteiger partial charge in [-0.1, -0.05) is 36.4 Å². The average Bonchev–Trinajstić information content (AvgIpc) is 2.83. The standard InChI is InChI=1S/C25H18F2O7/c1-33-19(29)10-14(13-7-8-15(26)16(27)9-13)20-22(30)24(32)23(31)21-17(28)11-18(34-25(20)21)12-5-3-2-4-6-12/h2-9,11,14,30-32H,10H2,1H3/t14-/m0/s1. The van der Waals surface area contributed by atoms with Crippen molar-refractivity contribution < 1.29 is 38.0 Å². The molecule has 1 aromatic heterocycles. The Morgan fingerprint density at radius 1 is 0.971 bits per heavy atom. The summed E-state index contributed by atoms with van der Waals surface area (Å²) < 4.78 is 38.3. The molecule has 0 aliphatic rings. The van der Waals surface area contributed by atoms with E-state index >= 15 is 0 Å². The van der Waals surface area contributed by atoms with Crippen LogP contribution in [-0.4, -0.2) is 28.4 Å². The Labute approximate surface area is 191 Å². The lowest BCUT2D eigenvalue weighted by Gasteiger charge is -2.21. The molecule has 1 heterocycles. The number of hydrogen-bond donors (Lipinski definition) is 3. The zero-order chi connectivity index (χ0) is 24.6. The normalized spacial score (nSPS) is 12.0. The van der Waals surface area contributed by atoms with Crippen LogP contribution in [0, 0.1) is 11.6 Å². The molecule has 0 aliphatic heterocycles. The molecule has 9 heteroatoms. The lowest BCUT2D eigenvalue weighted by atomic mass is 9.86. The number of phenolic OH excluding ortho intramolecular Hbond substituents is 3. The molecule has 3 N–H and O–H groups in total. The summed E-state index contributed by atoms with van der Waals surface area (Å²) in [5.74, 6) is -7.15. The number of aromatic hydroxyl groups is 3. The molecule has 34 heavy (non-hydrogen) atoms. The van der Waals surface area contributed by atoms with Crippen LogP contribution in [0.5, 0.6) is 17.2 Å². The Bertz CT molecular complexity index is 1460. The van der Waals surface area contributed by atoms with E-state index in [0.717, 1.165) is 25.3 Å². The zero-order valence-electron chi connectivity index (χ0n) is 17.7. The van der Waals surface area contributed by atoms with Crippen LogP contribution in [0.4, 0.5) is 8.78 Å². The molecule has 0 saturated heterocycles. The summed E-state index contributed by atoms with van der Waals surface area (Å²) in [5.41, 5.74) is -0.832. The van der Waals surface area contributed by atoms with Gasteiger partial charge < -0.3 is 24.5 Å². The minimum Gasteiger partial charge on any atom is -0.504 e. The van der Waals surface area contributed by atoms with Crippen molar-refractivity contribution in [1.29, 1.82) is 0 Å². The molecule has 3 aromatic carbocycles. The Morgan fingerprint density at radius 2 is 1.68 bits per heavy atom. The largest absolute Gasteiger partial charge is 0.504 e. The summed E-state index contributed by atoms with van der Waals surface area (Å²) in [6.45, 7) is 0. The second-order valence-corrected chi connectivity index (χ2v) is 7.51. The third kappa shape index (κ3) is 3.92. The van der Waals surface area contributed by atoms with Crippen molar-refractivity contribution in [3.8, 4) is 28.6 Å². The molecular formula is C25H18F2O7. The van der Waals surface area contributed by atoms with E-state index in [9.17, 15) is 33.7 Å². The predicted molar refractivity (Wildman–Crippen MR) is 118 cm³/mol. The Morgan fingerprint density at radius 3 is 2.32 bits per heavy atom. The lowest BCUT2D eigenvalue weighted by molar-refractivity contribution is -0.140. The molecule has 0 bridgehead atoms. The van der Waals surface area contributed by atoms with Gasteiger partial charge >= 0.3 is 5.97 Å². The molecule has 0 unspecified atom stereocenters. The van der Waals surface area contributed by atoms with Crippen molar-refractivity contribution in [2.45, 2.75) is 12.3 Å². The van der Waals surface area contributed by atoms with Crippen molar-refractivity contribution in [2.75, 3.05) is 7.11 Å². The number of halogens is 2. The highest BCUT2D eigenvalue weighted by molar-refractivity contribution is 5.93. The van der Waals surface area contributed by atoms with Gasteiger partial charge in [0.25, 0.3) is 0 Å². The molecule has 0 aliphatic carbocycles. The maximum atomic E-state index is 14.1. The molecular weight excluding hydrogens is 450 g/mol. The first kappa shape index (κ1) is 22.8. The third-order valence-corrected chi connectivity index (χ3v) is 5.48. The van der Waals surface area contributed by atoms with E-state index in [1.807, 2.05) is 0 Å². The summed E-state index contributed by atoms with van der Waals surface area (Å²) in [5, 5.41) is 31.1. The minimum atomic E-state index is -1.24. The summed E-state index contributed by atoms with van der Waals surface area (Å²) in [6, 6.07) is 12.4. The first-order valence-corrected chi connectivity index (χ1v) is 10.0. The van der Waals surface area contributed by atoms with Crippen molar-refractivity contribution in [3.05, 3.63) is 87.6 Å². The van der Waals surface area contributed by atoms with Gasteiger partial charge in [-0.05, 0) is 17.7 Å². The fourth-order valence-electron chi connectivity index (χ4n) is 3.81. The van der Waals surface area contributed by atoms with Crippen molar-refractivity contribution in [1.82, 2.24) is 0 Å². The fourth-order valence-corrected chi connectivity index (χ4v) is 3.81. The fraction of sp³-hybridized carbons (Fsp3) is 0.120. The average molecular weight is 468 g/mol. The highest BCUT2D eigenvalue weighted by Gasteiger charge is 2.31. The number of methoxy groups -OCH3 is 1. The van der Waals surface area contributed by atoms with Gasteiger partial charge in [0.05, 0.1) is 13.5 Å². The van der Waals surface area contributed by atoms with E-state index in [1.54, 1.807) is 30.3 Å². The molecule has 0 fully saturated rings. The zero-order valence-corrected chi connectivity index (χ0v) is 17.7. The number of rotatable bonds is 5. The molecule has 0 saturated carbocycles. The molecule has 0 radical (unpaired) electrons. The number of phenols is 3. The number of ether oxygens (including phenoxy) is 1. The quantitative estimate of drug-likeness (QED) is 0.291. The Hall–Kier alpha value is -4.40. The molecule has 174 valence electrons. The first-order chi connectivity index (χ1) is 16.2. The molecule has 1 atom stereocenters. The van der Waals surface area contributed by atoms with Crippen LogP contribution in [0.3, 0.4) is 0 Å². The van der Waals surface area contributed by atoms with Gasteiger partial charge in [-0.2, -0.15) is 0 Å². The van der Waals surface area contributed by atoms with E-state index in [2.05, 4.69) is 0 Å². The van der Waals surface area contributed by atoms with Crippen molar-refractivity contribution in [2.24, 2.45) is 0 Å². The summed E-state index contributed by atoms with van der Waals surface area (Å²) >= 11 is 0. The number of fused-ring (bicyclic) bond motifs is 1. The molecule has 0 amide bonds. The van der Waals surface area contributed by atoms with Crippen LogP contribution in [0.1, 0.15) is 23.5 Å². The monoisotopic (exact) mass is 468 g/mol. The highest BCUT2D eigenvalue weighted by atomic mass is 19.2. The second-order valence-electron chi connectivity index (χ2n) is 7.51. The van der Waals surface area contributed by atoms with Gasteiger partial charge in [0.2, 0.25) is 5.75 Å². The van der Waals surface area contributed by atoms with Gasteiger partial charge in [-0.15, -0.1) is 0 Å². The van der Waals surface area contributed by atoms with Crippen LogP contribution in [0.2, 0.25) is 0 Å². The highest BCUT2D eigenvalue weighted by Crippen LogP contribution is 2.49. The van der Waals surface area contributed by atoms with Crippen LogP contribution in [0.25, 0.3) is 22.3 Å². The summed E-state index contributed by atoms with van der Waals surface area (Å²) in [7, 11) is 1.12. The third-order valence-electron chi connectivity index (χ3n) is 5.48. The van der Waals surface area contributed by atoms with E-state index in [0.29, 0.717) is 5.56 Å². The maximum absolute atomic E-state index is 14.1. The molecule has 4 aromatic rings. The SMILES string of the molecule is COC(=O)C[C@@H](c1ccc(F)c(F)c1)c1c(O)c(O)c(O)c2c(=O)cc(-c3ccccc3)oc12. The van der Waals surface area contributed by atoms with E-state index in [4.69, 9.17) is 9.15 Å². The van der Waals surface area contributed by atoms with E-state index in [-0.39, 0.29) is 22.5 Å². The smallest absolute Gasteiger partial charge is 0.306 e. The number of esters is 1. The Kier molecular flexibility index (Phi) is 5.93. The van der Waals surface area contributed by atoms with Crippen molar-refractivity contribution in [3.63, 3.8) is 0 Å². The van der Waals surface area contributed by atoms with Gasteiger partial charge in [-0.3, -0.25) is 9.59 Å². The van der Waals surface area contributed by atoms with Gasteiger partial charge in [0, 0.05) is 23.1 Å². The second kappa shape index (κ2) is 8.86. The first-order valence-electron chi connectivity index (χ1n) is 10.0.